The normalized spacial score (nSPS) is 41.9. The Labute approximate surface area is 170 Å². The zero-order valence-electron chi connectivity index (χ0n) is 17.4. The molecule has 0 unspecified atom stereocenters. The number of rotatable bonds is 4. The third-order valence-electron chi connectivity index (χ3n) is 8.93. The molecule has 5 fully saturated rings. The highest BCUT2D eigenvalue weighted by molar-refractivity contribution is 5.44. The maximum absolute atomic E-state index is 11.1. The Bertz CT molecular complexity index is 728. The summed E-state index contributed by atoms with van der Waals surface area (Å²) in [5.41, 5.74) is 4.03. The van der Waals surface area contributed by atoms with Crippen molar-refractivity contribution in [2.45, 2.75) is 76.0 Å². The molecule has 0 amide bonds. The highest BCUT2D eigenvalue weighted by atomic mass is 16.3. The van der Waals surface area contributed by atoms with Gasteiger partial charge in [-0.1, -0.05) is 24.3 Å². The van der Waals surface area contributed by atoms with Crippen LogP contribution in [0.3, 0.4) is 0 Å². The lowest BCUT2D eigenvalue weighted by atomic mass is 9.48. The van der Waals surface area contributed by atoms with Gasteiger partial charge < -0.3 is 10.2 Å². The summed E-state index contributed by atoms with van der Waals surface area (Å²) in [6.45, 7) is 6.61. The van der Waals surface area contributed by atoms with Crippen molar-refractivity contribution < 1.29 is 10.2 Å². The molecule has 0 heterocycles. The van der Waals surface area contributed by atoms with Crippen LogP contribution >= 0.6 is 0 Å². The lowest BCUT2D eigenvalue weighted by molar-refractivity contribution is -0.00529. The fraction of sp³-hybridized carbons (Fsp3) is 0.692. The molecule has 5 saturated carbocycles. The number of aliphatic hydroxyl groups is 1. The molecule has 3 atom stereocenters. The SMILES string of the molecule is C=C(C)[C@@H]1CC[C@@H](CO)C[C@H]1c1ccc(C23CC4CC(CC(C4)C2)C3)cc1O. The number of hydrogen-bond acceptors (Lipinski definition) is 2. The Morgan fingerprint density at radius 1 is 1.04 bits per heavy atom. The van der Waals surface area contributed by atoms with Crippen LogP contribution in [0.25, 0.3) is 0 Å². The molecular weight excluding hydrogens is 344 g/mol. The van der Waals surface area contributed by atoms with Gasteiger partial charge in [-0.3, -0.25) is 0 Å². The molecule has 0 aliphatic heterocycles. The number of phenolic OH excluding ortho intramolecular Hbond substituents is 1. The van der Waals surface area contributed by atoms with Crippen molar-refractivity contribution in [1.29, 1.82) is 0 Å². The Kier molecular flexibility index (Phi) is 4.62. The second-order valence-corrected chi connectivity index (χ2v) is 10.9. The van der Waals surface area contributed by atoms with Gasteiger partial charge in [0.15, 0.2) is 0 Å². The second-order valence-electron chi connectivity index (χ2n) is 10.9. The third-order valence-corrected chi connectivity index (χ3v) is 8.93. The summed E-state index contributed by atoms with van der Waals surface area (Å²) in [5.74, 6) is 4.30. The van der Waals surface area contributed by atoms with E-state index in [-0.39, 0.29) is 12.5 Å². The molecule has 1 aromatic rings. The molecule has 152 valence electrons. The van der Waals surface area contributed by atoms with Crippen molar-refractivity contribution in [3.8, 4) is 5.75 Å². The molecule has 2 heteroatoms. The van der Waals surface area contributed by atoms with Gasteiger partial charge in [0, 0.05) is 6.61 Å². The fourth-order valence-electron chi connectivity index (χ4n) is 8.01. The largest absolute Gasteiger partial charge is 0.508 e. The number of hydrogen-bond donors (Lipinski definition) is 2. The minimum absolute atomic E-state index is 0.255. The molecule has 28 heavy (non-hydrogen) atoms. The molecule has 4 bridgehead atoms. The van der Waals surface area contributed by atoms with E-state index in [1.54, 1.807) is 0 Å². The van der Waals surface area contributed by atoms with Gasteiger partial charge in [0.1, 0.15) is 5.75 Å². The summed E-state index contributed by atoms with van der Waals surface area (Å²) in [7, 11) is 0. The Hall–Kier alpha value is -1.28. The van der Waals surface area contributed by atoms with Crippen molar-refractivity contribution in [3.05, 3.63) is 41.5 Å². The van der Waals surface area contributed by atoms with Crippen molar-refractivity contribution in [1.82, 2.24) is 0 Å². The van der Waals surface area contributed by atoms with Gasteiger partial charge in [0.05, 0.1) is 0 Å². The first kappa shape index (κ1) is 18.7. The summed E-state index contributed by atoms with van der Waals surface area (Å²) >= 11 is 0. The van der Waals surface area contributed by atoms with Crippen molar-refractivity contribution >= 4 is 0 Å². The molecule has 0 aromatic heterocycles. The summed E-state index contributed by atoms with van der Waals surface area (Å²) in [4.78, 5) is 0. The number of allylic oxidation sites excluding steroid dienone is 1. The van der Waals surface area contributed by atoms with Crippen molar-refractivity contribution in [3.63, 3.8) is 0 Å². The van der Waals surface area contributed by atoms with E-state index >= 15 is 0 Å². The van der Waals surface area contributed by atoms with Gasteiger partial charge in [-0.15, -0.1) is 0 Å². The van der Waals surface area contributed by atoms with E-state index < -0.39 is 0 Å². The summed E-state index contributed by atoms with van der Waals surface area (Å²) < 4.78 is 0. The Morgan fingerprint density at radius 2 is 1.68 bits per heavy atom. The highest BCUT2D eigenvalue weighted by Gasteiger charge is 2.51. The summed E-state index contributed by atoms with van der Waals surface area (Å²) in [5, 5.41) is 20.8. The maximum Gasteiger partial charge on any atom is 0.119 e. The first-order valence-corrected chi connectivity index (χ1v) is 11.6. The van der Waals surface area contributed by atoms with E-state index in [0.29, 0.717) is 23.0 Å². The van der Waals surface area contributed by atoms with Crippen molar-refractivity contribution in [2.75, 3.05) is 6.61 Å². The molecule has 2 N–H and O–H groups in total. The topological polar surface area (TPSA) is 40.5 Å². The van der Waals surface area contributed by atoms with Gasteiger partial charge in [-0.05, 0) is 123 Å². The predicted octanol–water partition coefficient (Wildman–Crippen LogP) is 5.93. The van der Waals surface area contributed by atoms with Crippen LogP contribution < -0.4 is 0 Å². The second kappa shape index (κ2) is 6.90. The summed E-state index contributed by atoms with van der Waals surface area (Å²) in [6.07, 6.45) is 11.5. The van der Waals surface area contributed by atoms with Gasteiger partial charge in [0.2, 0.25) is 0 Å². The first-order chi connectivity index (χ1) is 13.5. The lowest BCUT2D eigenvalue weighted by Gasteiger charge is -2.57. The fourth-order valence-corrected chi connectivity index (χ4v) is 8.01. The van der Waals surface area contributed by atoms with E-state index in [0.717, 1.165) is 42.6 Å². The average molecular weight is 381 g/mol. The minimum atomic E-state index is 0.255. The quantitative estimate of drug-likeness (QED) is 0.636. The van der Waals surface area contributed by atoms with Gasteiger partial charge in [0.25, 0.3) is 0 Å². The lowest BCUT2D eigenvalue weighted by Crippen LogP contribution is -2.48. The van der Waals surface area contributed by atoms with Crippen LogP contribution in [-0.4, -0.2) is 16.8 Å². The van der Waals surface area contributed by atoms with Crippen molar-refractivity contribution in [2.24, 2.45) is 29.6 Å². The standard InChI is InChI=1S/C26H36O2/c1-16(2)22-5-3-17(15-27)10-24(22)23-6-4-21(11-25(23)28)26-12-18-7-19(13-26)9-20(8-18)14-26/h4,6,11,17-20,22,24,27-28H,1,3,5,7-10,12-15H2,2H3/t17-,18?,19?,20?,22+,24-,26?/m1/s1. The summed E-state index contributed by atoms with van der Waals surface area (Å²) in [6, 6.07) is 6.70. The van der Waals surface area contributed by atoms with E-state index in [9.17, 15) is 10.2 Å². The number of benzene rings is 1. The zero-order valence-corrected chi connectivity index (χ0v) is 17.4. The van der Waals surface area contributed by atoms with Crippen LogP contribution in [0.15, 0.2) is 30.4 Å². The van der Waals surface area contributed by atoms with Gasteiger partial charge in [-0.2, -0.15) is 0 Å². The minimum Gasteiger partial charge on any atom is -0.508 e. The first-order valence-electron chi connectivity index (χ1n) is 11.6. The van der Waals surface area contributed by atoms with Crippen LogP contribution in [0.5, 0.6) is 5.75 Å². The Balaban J connectivity index is 1.45. The zero-order chi connectivity index (χ0) is 19.5. The molecule has 5 aliphatic rings. The smallest absolute Gasteiger partial charge is 0.119 e. The predicted molar refractivity (Wildman–Crippen MR) is 113 cm³/mol. The van der Waals surface area contributed by atoms with Crippen LogP contribution in [-0.2, 0) is 5.41 Å². The number of phenols is 1. The monoisotopic (exact) mass is 380 g/mol. The van der Waals surface area contributed by atoms with Crippen LogP contribution in [0.1, 0.15) is 81.8 Å². The third kappa shape index (κ3) is 3.03. The van der Waals surface area contributed by atoms with E-state index in [2.05, 4.69) is 31.7 Å². The number of aliphatic hydroxyl groups excluding tert-OH is 1. The average Bonchev–Trinajstić information content (AvgIpc) is 2.66. The van der Waals surface area contributed by atoms with Crippen LogP contribution in [0.4, 0.5) is 0 Å². The van der Waals surface area contributed by atoms with E-state index in [1.165, 1.54) is 49.7 Å². The molecular formula is C26H36O2. The molecule has 1 aromatic carbocycles. The maximum atomic E-state index is 11.1. The highest BCUT2D eigenvalue weighted by Crippen LogP contribution is 2.61. The molecule has 0 spiro atoms. The van der Waals surface area contributed by atoms with Gasteiger partial charge in [-0.25, -0.2) is 0 Å². The van der Waals surface area contributed by atoms with E-state index in [4.69, 9.17) is 0 Å². The molecule has 0 saturated heterocycles. The molecule has 6 rings (SSSR count). The van der Waals surface area contributed by atoms with E-state index in [1.807, 2.05) is 0 Å². The Morgan fingerprint density at radius 3 is 2.21 bits per heavy atom. The molecule has 0 radical (unpaired) electrons. The molecule has 5 aliphatic carbocycles. The van der Waals surface area contributed by atoms with Crippen LogP contribution in [0.2, 0.25) is 0 Å². The van der Waals surface area contributed by atoms with Gasteiger partial charge >= 0.3 is 0 Å². The number of aromatic hydroxyl groups is 1. The van der Waals surface area contributed by atoms with Crippen LogP contribution in [0, 0.1) is 29.6 Å². The molecule has 2 nitrogen and oxygen atoms in total.